The van der Waals surface area contributed by atoms with E-state index in [9.17, 15) is 4.79 Å². The number of piperidine rings is 1. The number of likely N-dealkylation sites (tertiary alicyclic amines) is 1. The van der Waals surface area contributed by atoms with Gasteiger partial charge in [-0.25, -0.2) is 0 Å². The summed E-state index contributed by atoms with van der Waals surface area (Å²) < 4.78 is 0. The molecule has 3 heteroatoms. The Morgan fingerprint density at radius 1 is 1.29 bits per heavy atom. The Kier molecular flexibility index (Phi) is 3.12. The van der Waals surface area contributed by atoms with E-state index < -0.39 is 0 Å². The lowest BCUT2D eigenvalue weighted by Crippen LogP contribution is -2.41. The summed E-state index contributed by atoms with van der Waals surface area (Å²) in [5, 5.41) is 0. The van der Waals surface area contributed by atoms with Crippen molar-refractivity contribution in [1.82, 2.24) is 4.90 Å². The number of rotatable bonds is 4. The number of nitrogens with zero attached hydrogens (tertiary/aromatic N) is 1. The zero-order chi connectivity index (χ0) is 11.8. The van der Waals surface area contributed by atoms with Crippen LogP contribution in [0.25, 0.3) is 0 Å². The molecule has 1 saturated heterocycles. The lowest BCUT2D eigenvalue weighted by atomic mass is 9.94. The van der Waals surface area contributed by atoms with Gasteiger partial charge in [0.25, 0.3) is 0 Å². The molecule has 0 radical (unpaired) electrons. The summed E-state index contributed by atoms with van der Waals surface area (Å²) in [5.74, 6) is 3.20. The van der Waals surface area contributed by atoms with Gasteiger partial charge in [0.2, 0.25) is 5.91 Å². The van der Waals surface area contributed by atoms with Gasteiger partial charge in [-0.1, -0.05) is 0 Å². The quantitative estimate of drug-likeness (QED) is 0.806. The molecule has 96 valence electrons. The fourth-order valence-corrected chi connectivity index (χ4v) is 3.52. The number of hydrogen-bond acceptors (Lipinski definition) is 2. The molecule has 3 aliphatic rings. The summed E-state index contributed by atoms with van der Waals surface area (Å²) in [6.45, 7) is 2.73. The molecule has 3 fully saturated rings. The van der Waals surface area contributed by atoms with Crippen LogP contribution in [0.5, 0.6) is 0 Å². The van der Waals surface area contributed by atoms with Crippen LogP contribution in [0.15, 0.2) is 0 Å². The molecule has 3 unspecified atom stereocenters. The van der Waals surface area contributed by atoms with Crippen molar-refractivity contribution in [3.63, 3.8) is 0 Å². The molecule has 0 aromatic carbocycles. The van der Waals surface area contributed by atoms with Crippen molar-refractivity contribution in [3.05, 3.63) is 0 Å². The Bertz CT molecular complexity index is 299. The highest BCUT2D eigenvalue weighted by Gasteiger charge is 2.52. The first-order chi connectivity index (χ1) is 8.29. The molecule has 0 aromatic rings. The van der Waals surface area contributed by atoms with Gasteiger partial charge in [0, 0.05) is 19.0 Å². The van der Waals surface area contributed by atoms with E-state index in [0.29, 0.717) is 17.7 Å². The normalized spacial score (nSPS) is 37.0. The molecular formula is C14H24N2O. The molecule has 0 bridgehead atoms. The highest BCUT2D eigenvalue weighted by molar-refractivity contribution is 5.82. The van der Waals surface area contributed by atoms with E-state index in [4.69, 9.17) is 5.73 Å². The van der Waals surface area contributed by atoms with Gasteiger partial charge < -0.3 is 10.6 Å². The second-order valence-corrected chi connectivity index (χ2v) is 6.21. The summed E-state index contributed by atoms with van der Waals surface area (Å²) in [5.41, 5.74) is 5.62. The molecule has 2 saturated carbocycles. The van der Waals surface area contributed by atoms with Gasteiger partial charge >= 0.3 is 0 Å². The molecule has 17 heavy (non-hydrogen) atoms. The first-order valence-electron chi connectivity index (χ1n) is 7.28. The summed E-state index contributed by atoms with van der Waals surface area (Å²) in [6, 6.07) is 0. The molecule has 3 atom stereocenters. The molecule has 0 spiro atoms. The summed E-state index contributed by atoms with van der Waals surface area (Å²) in [4.78, 5) is 14.5. The van der Waals surface area contributed by atoms with Gasteiger partial charge in [-0.05, 0) is 62.8 Å². The van der Waals surface area contributed by atoms with Crippen LogP contribution in [0.2, 0.25) is 0 Å². The number of amides is 1. The predicted molar refractivity (Wildman–Crippen MR) is 67.3 cm³/mol. The minimum atomic E-state index is 0.402. The maximum absolute atomic E-state index is 12.3. The van der Waals surface area contributed by atoms with E-state index in [1.165, 1.54) is 32.1 Å². The Morgan fingerprint density at radius 3 is 2.82 bits per heavy atom. The van der Waals surface area contributed by atoms with Crippen LogP contribution in [-0.2, 0) is 4.79 Å². The molecule has 2 N–H and O–H groups in total. The molecule has 1 amide bonds. The summed E-state index contributed by atoms with van der Waals surface area (Å²) in [7, 11) is 0. The van der Waals surface area contributed by atoms with Crippen LogP contribution in [0.3, 0.4) is 0 Å². The highest BCUT2D eigenvalue weighted by atomic mass is 16.2. The second kappa shape index (κ2) is 4.60. The smallest absolute Gasteiger partial charge is 0.225 e. The average Bonchev–Trinajstić information content (AvgIpc) is 3.18. The van der Waals surface area contributed by atoms with Gasteiger partial charge in [-0.2, -0.15) is 0 Å². The van der Waals surface area contributed by atoms with E-state index in [0.717, 1.165) is 37.9 Å². The van der Waals surface area contributed by atoms with Crippen LogP contribution < -0.4 is 5.73 Å². The van der Waals surface area contributed by atoms with Gasteiger partial charge in [-0.3, -0.25) is 4.79 Å². The van der Waals surface area contributed by atoms with Crippen molar-refractivity contribution in [1.29, 1.82) is 0 Å². The van der Waals surface area contributed by atoms with Crippen LogP contribution in [-0.4, -0.2) is 30.4 Å². The van der Waals surface area contributed by atoms with E-state index in [1.807, 2.05) is 0 Å². The van der Waals surface area contributed by atoms with E-state index >= 15 is 0 Å². The maximum atomic E-state index is 12.3. The van der Waals surface area contributed by atoms with Crippen LogP contribution in [0.4, 0.5) is 0 Å². The second-order valence-electron chi connectivity index (χ2n) is 6.21. The molecule has 1 heterocycles. The van der Waals surface area contributed by atoms with Crippen molar-refractivity contribution in [2.45, 2.75) is 38.5 Å². The SMILES string of the molecule is NCCC1CCCN(C(=O)C2CC2C2CC2)C1. The fourth-order valence-electron chi connectivity index (χ4n) is 3.52. The van der Waals surface area contributed by atoms with Crippen molar-refractivity contribution in [3.8, 4) is 0 Å². The molecule has 2 aliphatic carbocycles. The summed E-state index contributed by atoms with van der Waals surface area (Å²) in [6.07, 6.45) is 7.46. The Labute approximate surface area is 104 Å². The Morgan fingerprint density at radius 2 is 2.12 bits per heavy atom. The van der Waals surface area contributed by atoms with E-state index in [2.05, 4.69) is 4.90 Å². The van der Waals surface area contributed by atoms with Gasteiger partial charge in [-0.15, -0.1) is 0 Å². The monoisotopic (exact) mass is 236 g/mol. The Balaban J connectivity index is 1.51. The third-order valence-electron chi connectivity index (χ3n) is 4.79. The fraction of sp³-hybridized carbons (Fsp3) is 0.929. The number of carbonyl (C=O) groups excluding carboxylic acids is 1. The number of carbonyl (C=O) groups is 1. The predicted octanol–water partition coefficient (Wildman–Crippen LogP) is 1.62. The first kappa shape index (κ1) is 11.5. The Hall–Kier alpha value is -0.570. The van der Waals surface area contributed by atoms with Crippen LogP contribution in [0, 0.1) is 23.7 Å². The van der Waals surface area contributed by atoms with Crippen molar-refractivity contribution in [2.75, 3.05) is 19.6 Å². The maximum Gasteiger partial charge on any atom is 0.225 e. The topological polar surface area (TPSA) is 46.3 Å². The number of nitrogens with two attached hydrogens (primary N) is 1. The highest BCUT2D eigenvalue weighted by Crippen LogP contribution is 2.55. The molecular weight excluding hydrogens is 212 g/mol. The molecule has 3 nitrogen and oxygen atoms in total. The average molecular weight is 236 g/mol. The van der Waals surface area contributed by atoms with E-state index in [-0.39, 0.29) is 0 Å². The zero-order valence-electron chi connectivity index (χ0n) is 10.6. The minimum Gasteiger partial charge on any atom is -0.342 e. The molecule has 3 rings (SSSR count). The minimum absolute atomic E-state index is 0.402. The van der Waals surface area contributed by atoms with Crippen LogP contribution >= 0.6 is 0 Å². The van der Waals surface area contributed by atoms with E-state index in [1.54, 1.807) is 0 Å². The standard InChI is InChI=1S/C14H24N2O/c15-6-5-10-2-1-7-16(9-10)14(17)13-8-12(13)11-3-4-11/h10-13H,1-9,15H2. The lowest BCUT2D eigenvalue weighted by molar-refractivity contribution is -0.134. The van der Waals surface area contributed by atoms with Gasteiger partial charge in [0.05, 0.1) is 0 Å². The zero-order valence-corrected chi connectivity index (χ0v) is 10.6. The van der Waals surface area contributed by atoms with Crippen molar-refractivity contribution < 1.29 is 4.79 Å². The molecule has 1 aliphatic heterocycles. The van der Waals surface area contributed by atoms with Crippen LogP contribution in [0.1, 0.15) is 38.5 Å². The molecule has 0 aromatic heterocycles. The number of hydrogen-bond donors (Lipinski definition) is 1. The first-order valence-corrected chi connectivity index (χ1v) is 7.28. The van der Waals surface area contributed by atoms with Crippen molar-refractivity contribution >= 4 is 5.91 Å². The lowest BCUT2D eigenvalue weighted by Gasteiger charge is -2.33. The third-order valence-corrected chi connectivity index (χ3v) is 4.79. The largest absolute Gasteiger partial charge is 0.342 e. The van der Waals surface area contributed by atoms with Gasteiger partial charge in [0.1, 0.15) is 0 Å². The van der Waals surface area contributed by atoms with Gasteiger partial charge in [0.15, 0.2) is 0 Å². The summed E-state index contributed by atoms with van der Waals surface area (Å²) >= 11 is 0. The van der Waals surface area contributed by atoms with Crippen molar-refractivity contribution in [2.24, 2.45) is 29.4 Å². The third kappa shape index (κ3) is 2.49.